The molecule has 0 aromatic heterocycles. The van der Waals surface area contributed by atoms with Crippen LogP contribution in [0.5, 0.6) is 5.75 Å². The van der Waals surface area contributed by atoms with Gasteiger partial charge in [-0.2, -0.15) is 0 Å². The van der Waals surface area contributed by atoms with Crippen molar-refractivity contribution in [3.05, 3.63) is 23.8 Å². The minimum Gasteiger partial charge on any atom is -0.495 e. The largest absolute Gasteiger partial charge is 0.495 e. The number of ether oxygens (including phenoxy) is 1. The molecule has 0 atom stereocenters. The van der Waals surface area contributed by atoms with Gasteiger partial charge in [-0.05, 0) is 12.3 Å². The Bertz CT molecular complexity index is 240. The molecule has 0 unspecified atom stereocenters. The van der Waals surface area contributed by atoms with Crippen molar-refractivity contribution in [3.63, 3.8) is 0 Å². The summed E-state index contributed by atoms with van der Waals surface area (Å²) in [6.45, 7) is 0. The molecular formula is C9H11ClOS. The van der Waals surface area contributed by atoms with E-state index in [4.69, 9.17) is 16.3 Å². The van der Waals surface area contributed by atoms with E-state index < -0.39 is 0 Å². The molecule has 0 aliphatic rings. The second kappa shape index (κ2) is 4.63. The number of hydrogen-bond acceptors (Lipinski definition) is 2. The van der Waals surface area contributed by atoms with Crippen molar-refractivity contribution in [1.29, 1.82) is 0 Å². The summed E-state index contributed by atoms with van der Waals surface area (Å²) in [7, 11) is 1.67. The van der Waals surface area contributed by atoms with Gasteiger partial charge < -0.3 is 4.74 Å². The molecule has 0 saturated carbocycles. The van der Waals surface area contributed by atoms with E-state index in [0.717, 1.165) is 16.2 Å². The van der Waals surface area contributed by atoms with E-state index in [1.807, 2.05) is 24.5 Å². The van der Waals surface area contributed by atoms with Gasteiger partial charge in [0.1, 0.15) is 5.75 Å². The Morgan fingerprint density at radius 2 is 2.25 bits per heavy atom. The first-order valence-corrected chi connectivity index (χ1v) is 5.35. The number of alkyl halides is 1. The van der Waals surface area contributed by atoms with Crippen LogP contribution in [0.25, 0.3) is 0 Å². The summed E-state index contributed by atoms with van der Waals surface area (Å²) in [4.78, 5) is 1.13. The molecule has 12 heavy (non-hydrogen) atoms. The summed E-state index contributed by atoms with van der Waals surface area (Å²) in [6.07, 6.45) is 2.02. The third kappa shape index (κ3) is 1.87. The van der Waals surface area contributed by atoms with Gasteiger partial charge in [-0.25, -0.2) is 0 Å². The van der Waals surface area contributed by atoms with Gasteiger partial charge in [0.25, 0.3) is 0 Å². The van der Waals surface area contributed by atoms with Crippen molar-refractivity contribution >= 4 is 23.4 Å². The van der Waals surface area contributed by atoms with Gasteiger partial charge in [-0.1, -0.05) is 12.1 Å². The highest BCUT2D eigenvalue weighted by molar-refractivity contribution is 7.98. The zero-order valence-corrected chi connectivity index (χ0v) is 8.71. The fourth-order valence-corrected chi connectivity index (χ4v) is 1.88. The molecule has 1 nitrogen and oxygen atoms in total. The number of thioether (sulfide) groups is 1. The van der Waals surface area contributed by atoms with Crippen LogP contribution in [0.3, 0.4) is 0 Å². The Balaban J connectivity index is 3.13. The minimum absolute atomic E-state index is 0.498. The van der Waals surface area contributed by atoms with Gasteiger partial charge in [-0.3, -0.25) is 0 Å². The van der Waals surface area contributed by atoms with Gasteiger partial charge in [-0.15, -0.1) is 23.4 Å². The third-order valence-corrected chi connectivity index (χ3v) is 2.68. The first-order valence-electron chi connectivity index (χ1n) is 3.59. The normalized spacial score (nSPS) is 9.92. The molecular weight excluding hydrogens is 192 g/mol. The molecule has 0 fully saturated rings. The maximum absolute atomic E-state index is 5.75. The second-order valence-electron chi connectivity index (χ2n) is 2.29. The molecule has 0 amide bonds. The van der Waals surface area contributed by atoms with Crippen molar-refractivity contribution in [2.75, 3.05) is 13.4 Å². The fraction of sp³-hybridized carbons (Fsp3) is 0.333. The zero-order chi connectivity index (χ0) is 8.97. The first kappa shape index (κ1) is 9.75. The van der Waals surface area contributed by atoms with E-state index in [9.17, 15) is 0 Å². The smallest absolute Gasteiger partial charge is 0.136 e. The van der Waals surface area contributed by atoms with Crippen LogP contribution in [0.1, 0.15) is 5.56 Å². The van der Waals surface area contributed by atoms with Crippen LogP contribution in [0, 0.1) is 0 Å². The molecule has 0 saturated heterocycles. The predicted molar refractivity (Wildman–Crippen MR) is 54.3 cm³/mol. The standard InChI is InChI=1S/C9H11ClOS/c1-11-9-7(6-10)4-3-5-8(9)12-2/h3-5H,6H2,1-2H3. The number of rotatable bonds is 3. The van der Waals surface area contributed by atoms with Crippen LogP contribution in [0.2, 0.25) is 0 Å². The van der Waals surface area contributed by atoms with Crippen LogP contribution >= 0.6 is 23.4 Å². The van der Waals surface area contributed by atoms with Crippen LogP contribution < -0.4 is 4.74 Å². The van der Waals surface area contributed by atoms with Gasteiger partial charge in [0.05, 0.1) is 13.0 Å². The molecule has 1 aromatic rings. The van der Waals surface area contributed by atoms with E-state index in [0.29, 0.717) is 5.88 Å². The van der Waals surface area contributed by atoms with Crippen LogP contribution in [0.4, 0.5) is 0 Å². The quantitative estimate of drug-likeness (QED) is 0.550. The van der Waals surface area contributed by atoms with Crippen LogP contribution in [-0.2, 0) is 5.88 Å². The lowest BCUT2D eigenvalue weighted by atomic mass is 10.2. The summed E-state index contributed by atoms with van der Waals surface area (Å²) >= 11 is 7.42. The summed E-state index contributed by atoms with van der Waals surface area (Å²) in [6, 6.07) is 6.00. The maximum atomic E-state index is 5.75. The van der Waals surface area contributed by atoms with Crippen LogP contribution in [-0.4, -0.2) is 13.4 Å². The molecule has 1 aromatic carbocycles. The maximum Gasteiger partial charge on any atom is 0.136 e. The molecule has 0 bridgehead atoms. The number of methoxy groups -OCH3 is 1. The van der Waals surface area contributed by atoms with Crippen molar-refractivity contribution < 1.29 is 4.74 Å². The molecule has 0 aliphatic carbocycles. The Kier molecular flexibility index (Phi) is 3.76. The fourth-order valence-electron chi connectivity index (χ4n) is 1.06. The third-order valence-electron chi connectivity index (χ3n) is 1.63. The van der Waals surface area contributed by atoms with Gasteiger partial charge in [0, 0.05) is 10.5 Å². The zero-order valence-electron chi connectivity index (χ0n) is 7.13. The summed E-state index contributed by atoms with van der Waals surface area (Å²) in [5.41, 5.74) is 1.05. The number of halogens is 1. The topological polar surface area (TPSA) is 9.23 Å². The SMILES string of the molecule is COc1c(CCl)cccc1SC. The molecule has 0 radical (unpaired) electrons. The molecule has 66 valence electrons. The van der Waals surface area contributed by atoms with E-state index in [-0.39, 0.29) is 0 Å². The number of hydrogen-bond donors (Lipinski definition) is 0. The van der Waals surface area contributed by atoms with Crippen molar-refractivity contribution in [1.82, 2.24) is 0 Å². The Labute approximate surface area is 82.1 Å². The highest BCUT2D eigenvalue weighted by atomic mass is 35.5. The summed E-state index contributed by atoms with van der Waals surface area (Å²) in [5, 5.41) is 0. The van der Waals surface area contributed by atoms with Crippen molar-refractivity contribution in [3.8, 4) is 5.75 Å². The molecule has 1 rings (SSSR count). The van der Waals surface area contributed by atoms with Crippen molar-refractivity contribution in [2.24, 2.45) is 0 Å². The van der Waals surface area contributed by atoms with E-state index >= 15 is 0 Å². The number of benzene rings is 1. The molecule has 3 heteroatoms. The Hall–Kier alpha value is -0.340. The lowest BCUT2D eigenvalue weighted by Crippen LogP contribution is -1.91. The lowest BCUT2D eigenvalue weighted by molar-refractivity contribution is 0.401. The minimum atomic E-state index is 0.498. The lowest BCUT2D eigenvalue weighted by Gasteiger charge is -2.09. The van der Waals surface area contributed by atoms with E-state index in [1.165, 1.54) is 0 Å². The van der Waals surface area contributed by atoms with Gasteiger partial charge in [0.15, 0.2) is 0 Å². The predicted octanol–water partition coefficient (Wildman–Crippen LogP) is 3.16. The molecule has 0 heterocycles. The summed E-state index contributed by atoms with van der Waals surface area (Å²) < 4.78 is 5.25. The first-order chi connectivity index (χ1) is 5.83. The molecule has 0 N–H and O–H groups in total. The highest BCUT2D eigenvalue weighted by Gasteiger charge is 2.05. The van der Waals surface area contributed by atoms with Gasteiger partial charge in [0.2, 0.25) is 0 Å². The monoisotopic (exact) mass is 202 g/mol. The van der Waals surface area contributed by atoms with Crippen molar-refractivity contribution in [2.45, 2.75) is 10.8 Å². The average molecular weight is 203 g/mol. The highest BCUT2D eigenvalue weighted by Crippen LogP contribution is 2.31. The van der Waals surface area contributed by atoms with Crippen LogP contribution in [0.15, 0.2) is 23.1 Å². The Morgan fingerprint density at radius 1 is 1.50 bits per heavy atom. The van der Waals surface area contributed by atoms with E-state index in [1.54, 1.807) is 18.9 Å². The molecule has 0 spiro atoms. The average Bonchev–Trinajstić information content (AvgIpc) is 2.16. The van der Waals surface area contributed by atoms with Gasteiger partial charge >= 0.3 is 0 Å². The number of para-hydroxylation sites is 1. The second-order valence-corrected chi connectivity index (χ2v) is 3.40. The Morgan fingerprint density at radius 3 is 2.75 bits per heavy atom. The molecule has 0 aliphatic heterocycles. The summed E-state index contributed by atoms with van der Waals surface area (Å²) in [5.74, 6) is 1.40. The van der Waals surface area contributed by atoms with E-state index in [2.05, 4.69) is 0 Å².